The van der Waals surface area contributed by atoms with Crippen LogP contribution in [0.3, 0.4) is 0 Å². The van der Waals surface area contributed by atoms with Gasteiger partial charge in [0.25, 0.3) is 5.91 Å². The number of hydrogen-bond acceptors (Lipinski definition) is 4. The SMILES string of the molecule is COc1cccc(-c2ccc3c(c2)C=NN(C(=O)c2ccccc2Cl)B3O)c1. The Hall–Kier alpha value is -3.09. The minimum atomic E-state index is -1.19. The minimum Gasteiger partial charge on any atom is -0.497 e. The second-order valence-corrected chi connectivity index (χ2v) is 6.73. The van der Waals surface area contributed by atoms with Crippen LogP contribution in [-0.2, 0) is 0 Å². The lowest BCUT2D eigenvalue weighted by Gasteiger charge is -2.25. The zero-order chi connectivity index (χ0) is 19.7. The molecule has 4 rings (SSSR count). The Kier molecular flexibility index (Phi) is 4.90. The molecule has 3 aromatic rings. The molecule has 0 saturated carbocycles. The summed E-state index contributed by atoms with van der Waals surface area (Å²) < 4.78 is 5.28. The number of carbonyl (C=O) groups excluding carboxylic acids is 1. The minimum absolute atomic E-state index is 0.289. The van der Waals surface area contributed by atoms with E-state index in [0.29, 0.717) is 10.5 Å². The molecule has 0 unspecified atom stereocenters. The third kappa shape index (κ3) is 3.28. The van der Waals surface area contributed by atoms with Gasteiger partial charge in [-0.25, -0.2) is 4.92 Å². The molecule has 1 aliphatic rings. The third-order valence-corrected chi connectivity index (χ3v) is 4.96. The molecule has 1 heterocycles. The van der Waals surface area contributed by atoms with Crippen molar-refractivity contribution in [3.8, 4) is 16.9 Å². The molecule has 0 radical (unpaired) electrons. The van der Waals surface area contributed by atoms with Crippen LogP contribution in [0.2, 0.25) is 5.02 Å². The summed E-state index contributed by atoms with van der Waals surface area (Å²) in [6.07, 6.45) is 1.57. The lowest BCUT2D eigenvalue weighted by Crippen LogP contribution is -2.52. The monoisotopic (exact) mass is 390 g/mol. The number of amides is 1. The van der Waals surface area contributed by atoms with E-state index >= 15 is 0 Å². The van der Waals surface area contributed by atoms with Gasteiger partial charge in [-0.3, -0.25) is 4.79 Å². The molecule has 138 valence electrons. The van der Waals surface area contributed by atoms with Crippen molar-refractivity contribution >= 4 is 36.2 Å². The number of fused-ring (bicyclic) bond motifs is 1. The van der Waals surface area contributed by atoms with Crippen LogP contribution in [0, 0.1) is 0 Å². The van der Waals surface area contributed by atoms with Crippen LogP contribution in [0.1, 0.15) is 15.9 Å². The van der Waals surface area contributed by atoms with Crippen LogP contribution < -0.4 is 10.2 Å². The van der Waals surface area contributed by atoms with Gasteiger partial charge < -0.3 is 9.76 Å². The summed E-state index contributed by atoms with van der Waals surface area (Å²) >= 11 is 6.11. The van der Waals surface area contributed by atoms with E-state index in [1.807, 2.05) is 36.4 Å². The van der Waals surface area contributed by atoms with Gasteiger partial charge in [-0.1, -0.05) is 48.0 Å². The van der Waals surface area contributed by atoms with Gasteiger partial charge in [0.1, 0.15) is 5.75 Å². The van der Waals surface area contributed by atoms with Gasteiger partial charge in [0.15, 0.2) is 0 Å². The number of hydrogen-bond donors (Lipinski definition) is 1. The maximum atomic E-state index is 12.8. The number of ether oxygens (including phenoxy) is 1. The number of rotatable bonds is 3. The Labute approximate surface area is 168 Å². The highest BCUT2D eigenvalue weighted by molar-refractivity contribution is 6.68. The normalized spacial score (nSPS) is 12.7. The van der Waals surface area contributed by atoms with Gasteiger partial charge >= 0.3 is 7.05 Å². The van der Waals surface area contributed by atoms with Crippen molar-refractivity contribution in [2.75, 3.05) is 7.11 Å². The first kappa shape index (κ1) is 18.3. The van der Waals surface area contributed by atoms with Crippen LogP contribution >= 0.6 is 11.6 Å². The van der Waals surface area contributed by atoms with Crippen LogP contribution in [0.4, 0.5) is 0 Å². The number of hydrazone groups is 1. The Balaban J connectivity index is 1.66. The Morgan fingerprint density at radius 1 is 1.07 bits per heavy atom. The largest absolute Gasteiger partial charge is 0.497 e. The van der Waals surface area contributed by atoms with E-state index in [9.17, 15) is 9.82 Å². The molecule has 7 heteroatoms. The van der Waals surface area contributed by atoms with E-state index in [1.165, 1.54) is 0 Å². The van der Waals surface area contributed by atoms with Crippen LogP contribution in [-0.4, -0.2) is 36.2 Å². The summed E-state index contributed by atoms with van der Waals surface area (Å²) in [4.78, 5) is 13.8. The van der Waals surface area contributed by atoms with Crippen LogP contribution in [0.5, 0.6) is 5.75 Å². The number of nitrogens with zero attached hydrogens (tertiary/aromatic N) is 2. The zero-order valence-corrected chi connectivity index (χ0v) is 15.8. The van der Waals surface area contributed by atoms with E-state index in [2.05, 4.69) is 5.10 Å². The number of halogens is 1. The molecule has 0 aromatic heterocycles. The molecule has 3 aromatic carbocycles. The van der Waals surface area contributed by atoms with Crippen molar-refractivity contribution in [2.24, 2.45) is 5.10 Å². The molecule has 1 N–H and O–H groups in total. The molecule has 5 nitrogen and oxygen atoms in total. The summed E-state index contributed by atoms with van der Waals surface area (Å²) in [6, 6.07) is 20.0. The molecule has 28 heavy (non-hydrogen) atoms. The van der Waals surface area contributed by atoms with Crippen LogP contribution in [0.25, 0.3) is 11.1 Å². The highest BCUT2D eigenvalue weighted by atomic mass is 35.5. The quantitative estimate of drug-likeness (QED) is 0.699. The van der Waals surface area contributed by atoms with Gasteiger partial charge in [0.05, 0.1) is 23.9 Å². The molecule has 0 aliphatic carbocycles. The third-order valence-electron chi connectivity index (χ3n) is 4.63. The second-order valence-electron chi connectivity index (χ2n) is 6.32. The van der Waals surface area contributed by atoms with Crippen molar-refractivity contribution in [3.63, 3.8) is 0 Å². The number of methoxy groups -OCH3 is 1. The van der Waals surface area contributed by atoms with E-state index in [-0.39, 0.29) is 5.56 Å². The first-order valence-corrected chi connectivity index (χ1v) is 9.05. The van der Waals surface area contributed by atoms with E-state index in [4.69, 9.17) is 16.3 Å². The molecule has 1 aliphatic heterocycles. The molecular weight excluding hydrogens is 375 g/mol. The van der Waals surface area contributed by atoms with Crippen molar-refractivity contribution in [1.29, 1.82) is 0 Å². The van der Waals surface area contributed by atoms with Gasteiger partial charge in [0, 0.05) is 0 Å². The van der Waals surface area contributed by atoms with Crippen molar-refractivity contribution in [2.45, 2.75) is 0 Å². The summed E-state index contributed by atoms with van der Waals surface area (Å²) in [6.45, 7) is 0. The lowest BCUT2D eigenvalue weighted by atomic mass is 9.69. The standard InChI is InChI=1S/C21H16BClN2O3/c1-28-17-6-4-5-14(12-17)15-9-10-19-16(11-15)13-24-25(22(19)27)21(26)18-7-2-3-8-20(18)23/h2-13,27H,1H3. The van der Waals surface area contributed by atoms with Gasteiger partial charge in [-0.2, -0.15) is 5.10 Å². The van der Waals surface area contributed by atoms with Crippen molar-refractivity contribution < 1.29 is 14.6 Å². The van der Waals surface area contributed by atoms with E-state index in [0.717, 1.165) is 27.4 Å². The Bertz CT molecular complexity index is 1090. The maximum absolute atomic E-state index is 12.8. The zero-order valence-electron chi connectivity index (χ0n) is 15.0. The predicted molar refractivity (Wildman–Crippen MR) is 111 cm³/mol. The van der Waals surface area contributed by atoms with Crippen molar-refractivity contribution in [1.82, 2.24) is 4.92 Å². The summed E-state index contributed by atoms with van der Waals surface area (Å²) in [5.41, 5.74) is 3.58. The molecule has 0 bridgehead atoms. The van der Waals surface area contributed by atoms with Gasteiger partial charge in [-0.05, 0) is 52.5 Å². The van der Waals surface area contributed by atoms with Crippen molar-refractivity contribution in [3.05, 3.63) is 82.9 Å². The fourth-order valence-electron chi connectivity index (χ4n) is 3.14. The topological polar surface area (TPSA) is 62.1 Å². The number of carbonyl (C=O) groups is 1. The predicted octanol–water partition coefficient (Wildman–Crippen LogP) is 3.19. The Morgan fingerprint density at radius 2 is 1.86 bits per heavy atom. The highest BCUT2D eigenvalue weighted by Gasteiger charge is 2.34. The molecule has 0 spiro atoms. The maximum Gasteiger partial charge on any atom is 0.474 e. The van der Waals surface area contributed by atoms with E-state index < -0.39 is 13.0 Å². The van der Waals surface area contributed by atoms with Gasteiger partial charge in [-0.15, -0.1) is 0 Å². The molecule has 0 saturated heterocycles. The second kappa shape index (κ2) is 7.50. The van der Waals surface area contributed by atoms with Gasteiger partial charge in [0.2, 0.25) is 0 Å². The molecular formula is C21H16BClN2O3. The number of benzene rings is 3. The molecule has 0 atom stereocenters. The smallest absolute Gasteiger partial charge is 0.474 e. The lowest BCUT2D eigenvalue weighted by molar-refractivity contribution is 0.0846. The fourth-order valence-corrected chi connectivity index (χ4v) is 3.36. The average Bonchev–Trinajstić information content (AvgIpc) is 2.73. The first-order valence-electron chi connectivity index (χ1n) is 8.67. The Morgan fingerprint density at radius 3 is 2.64 bits per heavy atom. The average molecular weight is 391 g/mol. The summed E-state index contributed by atoms with van der Waals surface area (Å²) in [7, 11) is 0.433. The van der Waals surface area contributed by atoms with E-state index in [1.54, 1.807) is 43.7 Å². The summed E-state index contributed by atoms with van der Waals surface area (Å²) in [5, 5.41) is 15.2. The fraction of sp³-hybridized carbons (Fsp3) is 0.0476. The molecule has 0 fully saturated rings. The van der Waals surface area contributed by atoms with Crippen LogP contribution in [0.15, 0.2) is 71.8 Å². The first-order chi connectivity index (χ1) is 13.6. The highest BCUT2D eigenvalue weighted by Crippen LogP contribution is 2.25. The summed E-state index contributed by atoms with van der Waals surface area (Å²) in [5.74, 6) is 0.303. The molecule has 1 amide bonds.